The van der Waals surface area contributed by atoms with Crippen molar-refractivity contribution in [3.05, 3.63) is 71.2 Å². The average molecular weight is 310 g/mol. The third-order valence-corrected chi connectivity index (χ3v) is 3.97. The number of hydrogen-bond acceptors (Lipinski definition) is 5. The van der Waals surface area contributed by atoms with E-state index in [0.717, 1.165) is 22.5 Å². The molecule has 0 saturated heterocycles. The first-order valence-corrected chi connectivity index (χ1v) is 7.34. The second-order valence-corrected chi connectivity index (χ2v) is 5.38. The Balaban J connectivity index is 2.21. The Kier molecular flexibility index (Phi) is 4.02. The molecule has 0 aliphatic carbocycles. The number of nitrogens with zero attached hydrogens (tertiary/aromatic N) is 1. The number of furan rings is 1. The second kappa shape index (κ2) is 6.12. The molecule has 0 bridgehead atoms. The molecular formula is C18H18N2O3. The molecule has 1 atom stereocenters. The molecule has 0 fully saturated rings. The van der Waals surface area contributed by atoms with Crippen LogP contribution in [0.15, 0.2) is 64.3 Å². The van der Waals surface area contributed by atoms with Crippen molar-refractivity contribution >= 4 is 11.5 Å². The zero-order valence-electron chi connectivity index (χ0n) is 13.3. The average Bonchev–Trinajstić information content (AvgIpc) is 3.08. The van der Waals surface area contributed by atoms with Crippen molar-refractivity contribution in [1.82, 2.24) is 10.3 Å². The van der Waals surface area contributed by atoms with Gasteiger partial charge in [-0.25, -0.2) is 4.79 Å². The van der Waals surface area contributed by atoms with Crippen LogP contribution in [0, 0.1) is 0 Å². The number of aromatic nitrogens is 1. The Labute approximate surface area is 134 Å². The van der Waals surface area contributed by atoms with Crippen LogP contribution < -0.4 is 5.32 Å². The van der Waals surface area contributed by atoms with Gasteiger partial charge in [-0.15, -0.1) is 0 Å². The summed E-state index contributed by atoms with van der Waals surface area (Å²) in [4.78, 5) is 16.6. The van der Waals surface area contributed by atoms with Crippen molar-refractivity contribution in [2.45, 2.75) is 19.8 Å². The van der Waals surface area contributed by atoms with E-state index in [1.165, 1.54) is 7.11 Å². The minimum atomic E-state index is -0.370. The lowest BCUT2D eigenvalue weighted by Crippen LogP contribution is -2.28. The maximum absolute atomic E-state index is 12.4. The molecule has 5 nitrogen and oxygen atoms in total. The molecule has 5 heteroatoms. The highest BCUT2D eigenvalue weighted by molar-refractivity contribution is 5.97. The SMILES string of the molecule is COC(=O)C1=C(C)NC(C)=C(c2cccnc2)C1c1ccco1. The predicted molar refractivity (Wildman–Crippen MR) is 86.1 cm³/mol. The van der Waals surface area contributed by atoms with Crippen LogP contribution in [0.4, 0.5) is 0 Å². The third-order valence-electron chi connectivity index (χ3n) is 3.97. The van der Waals surface area contributed by atoms with Gasteiger partial charge in [-0.3, -0.25) is 4.98 Å². The monoisotopic (exact) mass is 310 g/mol. The van der Waals surface area contributed by atoms with E-state index in [-0.39, 0.29) is 11.9 Å². The van der Waals surface area contributed by atoms with Gasteiger partial charge in [0.25, 0.3) is 0 Å². The molecule has 0 radical (unpaired) electrons. The van der Waals surface area contributed by atoms with Crippen LogP contribution in [0.25, 0.3) is 5.57 Å². The van der Waals surface area contributed by atoms with Crippen molar-refractivity contribution in [2.75, 3.05) is 7.11 Å². The highest BCUT2D eigenvalue weighted by atomic mass is 16.5. The topological polar surface area (TPSA) is 64.4 Å². The number of methoxy groups -OCH3 is 1. The van der Waals surface area contributed by atoms with Crippen molar-refractivity contribution in [3.8, 4) is 0 Å². The number of allylic oxidation sites excluding steroid dienone is 3. The molecule has 0 saturated carbocycles. The number of carbonyl (C=O) groups excluding carboxylic acids is 1. The van der Waals surface area contributed by atoms with E-state index in [0.29, 0.717) is 11.3 Å². The van der Waals surface area contributed by atoms with Crippen LogP contribution >= 0.6 is 0 Å². The quantitative estimate of drug-likeness (QED) is 0.882. The molecule has 1 aliphatic rings. The molecule has 2 aromatic rings. The van der Waals surface area contributed by atoms with Crippen LogP contribution in [0.2, 0.25) is 0 Å². The van der Waals surface area contributed by atoms with E-state index in [1.54, 1.807) is 18.7 Å². The molecule has 3 rings (SSSR count). The first-order valence-electron chi connectivity index (χ1n) is 7.34. The lowest BCUT2D eigenvalue weighted by molar-refractivity contribution is -0.136. The minimum absolute atomic E-state index is 0.331. The van der Waals surface area contributed by atoms with Gasteiger partial charge in [0.15, 0.2) is 0 Å². The zero-order valence-corrected chi connectivity index (χ0v) is 13.3. The summed E-state index contributed by atoms with van der Waals surface area (Å²) in [6.07, 6.45) is 5.11. The Bertz CT molecular complexity index is 774. The van der Waals surface area contributed by atoms with Crippen LogP contribution in [-0.4, -0.2) is 18.1 Å². The number of esters is 1. The van der Waals surface area contributed by atoms with Crippen molar-refractivity contribution in [3.63, 3.8) is 0 Å². The molecule has 0 amide bonds. The Morgan fingerprint density at radius 1 is 1.26 bits per heavy atom. The molecule has 118 valence electrons. The molecule has 0 aromatic carbocycles. The van der Waals surface area contributed by atoms with Crippen molar-refractivity contribution in [2.24, 2.45) is 0 Å². The predicted octanol–water partition coefficient (Wildman–Crippen LogP) is 3.24. The van der Waals surface area contributed by atoms with Gasteiger partial charge in [-0.2, -0.15) is 0 Å². The Morgan fingerprint density at radius 3 is 2.70 bits per heavy atom. The third kappa shape index (κ3) is 2.65. The molecule has 23 heavy (non-hydrogen) atoms. The normalized spacial score (nSPS) is 18.0. The van der Waals surface area contributed by atoms with E-state index in [2.05, 4.69) is 10.3 Å². The van der Waals surface area contributed by atoms with Crippen LogP contribution in [0.1, 0.15) is 31.1 Å². The van der Waals surface area contributed by atoms with Gasteiger partial charge in [-0.05, 0) is 43.2 Å². The van der Waals surface area contributed by atoms with Crippen LogP contribution in [0.5, 0.6) is 0 Å². The number of rotatable bonds is 3. The standard InChI is InChI=1S/C18H18N2O3/c1-11-15(13-6-4-8-19-10-13)17(14-7-5-9-23-14)16(12(2)20-11)18(21)22-3/h4-10,17,20H,1-3H3. The molecule has 1 aliphatic heterocycles. The summed E-state index contributed by atoms with van der Waals surface area (Å²) in [5.74, 6) is -0.00218. The van der Waals surface area contributed by atoms with Crippen molar-refractivity contribution < 1.29 is 13.9 Å². The number of dihydropyridines is 1. The summed E-state index contributed by atoms with van der Waals surface area (Å²) in [6, 6.07) is 7.53. The van der Waals surface area contributed by atoms with E-state index < -0.39 is 0 Å². The summed E-state index contributed by atoms with van der Waals surface area (Å²) >= 11 is 0. The molecular weight excluding hydrogens is 292 g/mol. The van der Waals surface area contributed by atoms with Gasteiger partial charge >= 0.3 is 5.97 Å². The largest absolute Gasteiger partial charge is 0.468 e. The van der Waals surface area contributed by atoms with Crippen LogP contribution in [0.3, 0.4) is 0 Å². The number of pyridine rings is 1. The summed E-state index contributed by atoms with van der Waals surface area (Å²) in [5.41, 5.74) is 4.17. The van der Waals surface area contributed by atoms with Crippen molar-refractivity contribution in [1.29, 1.82) is 0 Å². The summed E-state index contributed by atoms with van der Waals surface area (Å²) in [6.45, 7) is 3.85. The Morgan fingerprint density at radius 2 is 2.09 bits per heavy atom. The highest BCUT2D eigenvalue weighted by Gasteiger charge is 2.36. The van der Waals surface area contributed by atoms with Gasteiger partial charge in [0.2, 0.25) is 0 Å². The summed E-state index contributed by atoms with van der Waals surface area (Å²) in [7, 11) is 1.39. The Hall–Kier alpha value is -2.82. The van der Waals surface area contributed by atoms with Gasteiger partial charge in [-0.1, -0.05) is 6.07 Å². The number of hydrogen-bond donors (Lipinski definition) is 1. The van der Waals surface area contributed by atoms with E-state index in [1.807, 2.05) is 38.1 Å². The van der Waals surface area contributed by atoms with Gasteiger partial charge in [0, 0.05) is 23.8 Å². The highest BCUT2D eigenvalue weighted by Crippen LogP contribution is 2.43. The fourth-order valence-electron chi connectivity index (χ4n) is 3.02. The minimum Gasteiger partial charge on any atom is -0.468 e. The smallest absolute Gasteiger partial charge is 0.336 e. The second-order valence-electron chi connectivity index (χ2n) is 5.38. The molecule has 1 unspecified atom stereocenters. The van der Waals surface area contributed by atoms with E-state index >= 15 is 0 Å². The first kappa shape index (κ1) is 15.1. The molecule has 2 aromatic heterocycles. The maximum atomic E-state index is 12.4. The van der Waals surface area contributed by atoms with E-state index in [4.69, 9.17) is 9.15 Å². The maximum Gasteiger partial charge on any atom is 0.336 e. The van der Waals surface area contributed by atoms with Crippen LogP contribution in [-0.2, 0) is 9.53 Å². The molecule has 0 spiro atoms. The molecule has 3 heterocycles. The summed E-state index contributed by atoms with van der Waals surface area (Å²) in [5, 5.41) is 3.27. The fourth-order valence-corrected chi connectivity index (χ4v) is 3.02. The molecule has 1 N–H and O–H groups in total. The summed E-state index contributed by atoms with van der Waals surface area (Å²) < 4.78 is 10.6. The van der Waals surface area contributed by atoms with Gasteiger partial charge in [0.05, 0.1) is 24.9 Å². The van der Waals surface area contributed by atoms with Gasteiger partial charge < -0.3 is 14.5 Å². The number of ether oxygens (including phenoxy) is 1. The number of carbonyl (C=O) groups is 1. The van der Waals surface area contributed by atoms with E-state index in [9.17, 15) is 4.79 Å². The number of nitrogens with one attached hydrogen (secondary N) is 1. The fraction of sp³-hybridized carbons (Fsp3) is 0.222. The first-order chi connectivity index (χ1) is 11.1. The zero-order chi connectivity index (χ0) is 16.4. The lowest BCUT2D eigenvalue weighted by Gasteiger charge is -2.30. The van der Waals surface area contributed by atoms with Gasteiger partial charge in [0.1, 0.15) is 5.76 Å². The lowest BCUT2D eigenvalue weighted by atomic mass is 9.81.